The predicted octanol–water partition coefficient (Wildman–Crippen LogP) is 2.44. The zero-order chi connectivity index (χ0) is 15.1. The van der Waals surface area contributed by atoms with Crippen LogP contribution in [0.3, 0.4) is 0 Å². The summed E-state index contributed by atoms with van der Waals surface area (Å²) in [4.78, 5) is 11.1. The fraction of sp³-hybridized carbons (Fsp3) is 0.533. The highest BCUT2D eigenvalue weighted by Gasteiger charge is 2.18. The lowest BCUT2D eigenvalue weighted by atomic mass is 10.1. The minimum atomic E-state index is -0.953. The smallest absolute Gasteiger partial charge is 0.344 e. The van der Waals surface area contributed by atoms with Crippen LogP contribution in [0.15, 0.2) is 18.2 Å². The van der Waals surface area contributed by atoms with E-state index >= 15 is 0 Å². The quantitative estimate of drug-likeness (QED) is 0.766. The molecule has 0 aliphatic heterocycles. The number of carboxylic acids is 1. The summed E-state index contributed by atoms with van der Waals surface area (Å²) in [5, 5.41) is 12.4. The van der Waals surface area contributed by atoms with E-state index in [1.165, 1.54) is 0 Å². The number of benzene rings is 1. The van der Waals surface area contributed by atoms with Gasteiger partial charge < -0.3 is 19.9 Å². The molecule has 0 aromatic heterocycles. The number of carbonyl (C=O) groups is 1. The average molecular weight is 281 g/mol. The van der Waals surface area contributed by atoms with E-state index < -0.39 is 12.1 Å². The molecular formula is C15H23NO4. The number of hydrogen-bond donors (Lipinski definition) is 2. The van der Waals surface area contributed by atoms with Crippen LogP contribution in [-0.4, -0.2) is 30.3 Å². The molecule has 0 saturated carbocycles. The van der Waals surface area contributed by atoms with Crippen molar-refractivity contribution >= 4 is 5.97 Å². The lowest BCUT2D eigenvalue weighted by molar-refractivity contribution is -0.145. The first-order chi connectivity index (χ1) is 9.47. The third-order valence-electron chi connectivity index (χ3n) is 2.88. The van der Waals surface area contributed by atoms with E-state index in [2.05, 4.69) is 5.32 Å². The van der Waals surface area contributed by atoms with Crippen LogP contribution in [0.25, 0.3) is 0 Å². The van der Waals surface area contributed by atoms with Gasteiger partial charge in [-0.25, -0.2) is 4.79 Å². The third kappa shape index (κ3) is 4.74. The summed E-state index contributed by atoms with van der Waals surface area (Å²) in [6.45, 7) is 6.48. The fourth-order valence-electron chi connectivity index (χ4n) is 1.71. The van der Waals surface area contributed by atoms with Crippen molar-refractivity contribution in [3.63, 3.8) is 0 Å². The first kappa shape index (κ1) is 16.3. The Hall–Kier alpha value is -1.75. The van der Waals surface area contributed by atoms with Crippen LogP contribution in [0.4, 0.5) is 0 Å². The lowest BCUT2D eigenvalue weighted by Gasteiger charge is -2.18. The summed E-state index contributed by atoms with van der Waals surface area (Å²) in [6, 6.07) is 5.71. The first-order valence-corrected chi connectivity index (χ1v) is 6.77. The fourth-order valence-corrected chi connectivity index (χ4v) is 1.71. The molecule has 0 spiro atoms. The number of methoxy groups -OCH3 is 1. The van der Waals surface area contributed by atoms with E-state index in [1.807, 2.05) is 19.9 Å². The molecule has 0 aliphatic rings. The SMILES string of the molecule is CCC(Oc1ccc(OC)cc1CNC(C)C)C(=O)O. The molecule has 1 rings (SSSR count). The zero-order valence-corrected chi connectivity index (χ0v) is 12.5. The van der Waals surface area contributed by atoms with Gasteiger partial charge in [0.25, 0.3) is 0 Å². The monoisotopic (exact) mass is 281 g/mol. The molecule has 20 heavy (non-hydrogen) atoms. The summed E-state index contributed by atoms with van der Waals surface area (Å²) in [5.74, 6) is 0.348. The van der Waals surface area contributed by atoms with Gasteiger partial charge in [0, 0.05) is 18.2 Å². The third-order valence-corrected chi connectivity index (χ3v) is 2.88. The molecule has 0 saturated heterocycles. The van der Waals surface area contributed by atoms with Gasteiger partial charge in [0.15, 0.2) is 6.10 Å². The molecule has 0 amide bonds. The van der Waals surface area contributed by atoms with Crippen LogP contribution in [0.2, 0.25) is 0 Å². The molecule has 0 fully saturated rings. The summed E-state index contributed by atoms with van der Waals surface area (Å²) < 4.78 is 10.8. The maximum absolute atomic E-state index is 11.1. The summed E-state index contributed by atoms with van der Waals surface area (Å²) in [6.07, 6.45) is -0.417. The van der Waals surface area contributed by atoms with E-state index in [4.69, 9.17) is 14.6 Å². The van der Waals surface area contributed by atoms with Gasteiger partial charge in [0.2, 0.25) is 0 Å². The van der Waals surface area contributed by atoms with Gasteiger partial charge in [-0.05, 0) is 24.6 Å². The van der Waals surface area contributed by atoms with Gasteiger partial charge in [-0.2, -0.15) is 0 Å². The Morgan fingerprint density at radius 1 is 1.40 bits per heavy atom. The molecule has 0 radical (unpaired) electrons. The van der Waals surface area contributed by atoms with Crippen LogP contribution in [0.1, 0.15) is 32.8 Å². The van der Waals surface area contributed by atoms with Crippen molar-refractivity contribution in [2.24, 2.45) is 0 Å². The highest BCUT2D eigenvalue weighted by Crippen LogP contribution is 2.25. The van der Waals surface area contributed by atoms with E-state index in [1.54, 1.807) is 26.2 Å². The van der Waals surface area contributed by atoms with Crippen molar-refractivity contribution in [2.75, 3.05) is 7.11 Å². The standard InChI is InChI=1S/C15H23NO4/c1-5-13(15(17)18)20-14-7-6-12(19-4)8-11(14)9-16-10(2)3/h6-8,10,13,16H,5,9H2,1-4H3,(H,17,18). The van der Waals surface area contributed by atoms with Crippen molar-refractivity contribution in [1.29, 1.82) is 0 Å². The number of rotatable bonds is 8. The highest BCUT2D eigenvalue weighted by molar-refractivity contribution is 5.72. The van der Waals surface area contributed by atoms with E-state index in [0.29, 0.717) is 24.8 Å². The topological polar surface area (TPSA) is 67.8 Å². The molecule has 5 heteroatoms. The van der Waals surface area contributed by atoms with Crippen LogP contribution in [0.5, 0.6) is 11.5 Å². The maximum atomic E-state index is 11.1. The molecule has 1 aromatic carbocycles. The largest absolute Gasteiger partial charge is 0.497 e. The minimum Gasteiger partial charge on any atom is -0.497 e. The Bertz CT molecular complexity index is 445. The molecule has 0 bridgehead atoms. The van der Waals surface area contributed by atoms with Crippen LogP contribution < -0.4 is 14.8 Å². The van der Waals surface area contributed by atoms with E-state index in [0.717, 1.165) is 11.3 Å². The number of hydrogen-bond acceptors (Lipinski definition) is 4. The molecule has 0 heterocycles. The Morgan fingerprint density at radius 2 is 2.10 bits per heavy atom. The van der Waals surface area contributed by atoms with Crippen molar-refractivity contribution in [3.8, 4) is 11.5 Å². The normalized spacial score (nSPS) is 12.2. The second-order valence-corrected chi connectivity index (χ2v) is 4.86. The number of ether oxygens (including phenoxy) is 2. The van der Waals surface area contributed by atoms with Gasteiger partial charge in [0.1, 0.15) is 11.5 Å². The molecule has 5 nitrogen and oxygen atoms in total. The molecule has 112 valence electrons. The Kier molecular flexibility index (Phi) is 6.31. The summed E-state index contributed by atoms with van der Waals surface area (Å²) >= 11 is 0. The lowest BCUT2D eigenvalue weighted by Crippen LogP contribution is -2.27. The van der Waals surface area contributed by atoms with Crippen molar-refractivity contribution in [2.45, 2.75) is 45.9 Å². The number of aliphatic carboxylic acids is 1. The minimum absolute atomic E-state index is 0.329. The molecular weight excluding hydrogens is 258 g/mol. The molecule has 2 N–H and O–H groups in total. The Morgan fingerprint density at radius 3 is 2.60 bits per heavy atom. The predicted molar refractivity (Wildman–Crippen MR) is 77.3 cm³/mol. The maximum Gasteiger partial charge on any atom is 0.344 e. The average Bonchev–Trinajstić information content (AvgIpc) is 2.42. The molecule has 1 aromatic rings. The summed E-state index contributed by atoms with van der Waals surface area (Å²) in [7, 11) is 1.60. The van der Waals surface area contributed by atoms with Gasteiger partial charge in [-0.3, -0.25) is 0 Å². The second kappa shape index (κ2) is 7.75. The Labute approximate surface area is 119 Å². The molecule has 1 unspecified atom stereocenters. The number of carboxylic acid groups (broad SMARTS) is 1. The van der Waals surface area contributed by atoms with E-state index in [-0.39, 0.29) is 0 Å². The number of nitrogens with one attached hydrogen (secondary N) is 1. The highest BCUT2D eigenvalue weighted by atomic mass is 16.5. The second-order valence-electron chi connectivity index (χ2n) is 4.86. The van der Waals surface area contributed by atoms with Crippen LogP contribution in [0, 0.1) is 0 Å². The van der Waals surface area contributed by atoms with Gasteiger partial charge >= 0.3 is 5.97 Å². The van der Waals surface area contributed by atoms with Crippen molar-refractivity contribution < 1.29 is 19.4 Å². The van der Waals surface area contributed by atoms with Gasteiger partial charge in [0.05, 0.1) is 7.11 Å². The van der Waals surface area contributed by atoms with E-state index in [9.17, 15) is 4.79 Å². The van der Waals surface area contributed by atoms with Crippen LogP contribution in [-0.2, 0) is 11.3 Å². The Balaban J connectivity index is 2.94. The molecule has 1 atom stereocenters. The molecule has 0 aliphatic carbocycles. The van der Waals surface area contributed by atoms with Crippen molar-refractivity contribution in [1.82, 2.24) is 5.32 Å². The zero-order valence-electron chi connectivity index (χ0n) is 12.5. The first-order valence-electron chi connectivity index (χ1n) is 6.77. The summed E-state index contributed by atoms with van der Waals surface area (Å²) in [5.41, 5.74) is 0.887. The van der Waals surface area contributed by atoms with Crippen molar-refractivity contribution in [3.05, 3.63) is 23.8 Å². The van der Waals surface area contributed by atoms with Crippen LogP contribution >= 0.6 is 0 Å². The van der Waals surface area contributed by atoms with Gasteiger partial charge in [-0.15, -0.1) is 0 Å². The van der Waals surface area contributed by atoms with Gasteiger partial charge in [-0.1, -0.05) is 20.8 Å².